The summed E-state index contributed by atoms with van der Waals surface area (Å²) in [6.07, 6.45) is -3.73. The van der Waals surface area contributed by atoms with Gasteiger partial charge in [-0.1, -0.05) is 12.1 Å². The van der Waals surface area contributed by atoms with Crippen LogP contribution in [0.1, 0.15) is 17.5 Å². The summed E-state index contributed by atoms with van der Waals surface area (Å²) in [5, 5.41) is 13.0. The molecule has 19 heavy (non-hydrogen) atoms. The Labute approximate surface area is 109 Å². The molecule has 0 amide bonds. The normalized spacial score (nSPS) is 23.8. The van der Waals surface area contributed by atoms with E-state index in [1.54, 1.807) is 0 Å². The van der Waals surface area contributed by atoms with Gasteiger partial charge in [0.2, 0.25) is 0 Å². The molecule has 2 N–H and O–H groups in total. The molecule has 0 bridgehead atoms. The van der Waals surface area contributed by atoms with E-state index >= 15 is 0 Å². The van der Waals surface area contributed by atoms with Gasteiger partial charge in [-0.3, -0.25) is 0 Å². The minimum atomic E-state index is -4.30. The van der Waals surface area contributed by atoms with Crippen molar-refractivity contribution < 1.29 is 23.0 Å². The van der Waals surface area contributed by atoms with Crippen LogP contribution in [0.25, 0.3) is 0 Å². The third-order valence-corrected chi connectivity index (χ3v) is 3.15. The molecule has 1 aromatic carbocycles. The van der Waals surface area contributed by atoms with Gasteiger partial charge in [0, 0.05) is 26.1 Å². The standard InChI is InChI=1S/C13H16F3NO2/c14-13(15,16)11-3-1-10(2-4-11)7-17-8-12(18)5-6-19-9-12/h1-4,17-18H,5-9H2. The Kier molecular flexibility index (Phi) is 4.13. The van der Waals surface area contributed by atoms with Gasteiger partial charge in [0.05, 0.1) is 12.2 Å². The first-order valence-electron chi connectivity index (χ1n) is 6.06. The van der Waals surface area contributed by atoms with E-state index in [2.05, 4.69) is 5.32 Å². The number of rotatable bonds is 4. The van der Waals surface area contributed by atoms with Gasteiger partial charge in [0.15, 0.2) is 0 Å². The average Bonchev–Trinajstić information content (AvgIpc) is 2.76. The maximum absolute atomic E-state index is 12.4. The number of alkyl halides is 3. The van der Waals surface area contributed by atoms with Crippen molar-refractivity contribution in [3.05, 3.63) is 35.4 Å². The molecule has 1 unspecified atom stereocenters. The van der Waals surface area contributed by atoms with Crippen molar-refractivity contribution in [3.63, 3.8) is 0 Å². The summed E-state index contributed by atoms with van der Waals surface area (Å²) in [5.41, 5.74) is -0.763. The highest BCUT2D eigenvalue weighted by Gasteiger charge is 2.32. The highest BCUT2D eigenvalue weighted by Crippen LogP contribution is 2.29. The molecule has 1 aromatic rings. The van der Waals surface area contributed by atoms with E-state index in [9.17, 15) is 18.3 Å². The Morgan fingerprint density at radius 3 is 2.47 bits per heavy atom. The summed E-state index contributed by atoms with van der Waals surface area (Å²) in [7, 11) is 0. The zero-order chi connectivity index (χ0) is 13.9. The zero-order valence-electron chi connectivity index (χ0n) is 10.3. The van der Waals surface area contributed by atoms with Crippen molar-refractivity contribution in [2.24, 2.45) is 0 Å². The number of nitrogens with one attached hydrogen (secondary N) is 1. The van der Waals surface area contributed by atoms with Gasteiger partial charge in [-0.15, -0.1) is 0 Å². The monoisotopic (exact) mass is 275 g/mol. The summed E-state index contributed by atoms with van der Waals surface area (Å²) in [6.45, 7) is 1.62. The Balaban J connectivity index is 1.83. The minimum Gasteiger partial charge on any atom is -0.386 e. The molecule has 1 saturated heterocycles. The second kappa shape index (κ2) is 5.48. The average molecular weight is 275 g/mol. The van der Waals surface area contributed by atoms with Crippen LogP contribution < -0.4 is 5.32 Å². The first-order valence-corrected chi connectivity index (χ1v) is 6.06. The highest BCUT2D eigenvalue weighted by atomic mass is 19.4. The molecule has 0 radical (unpaired) electrons. The van der Waals surface area contributed by atoms with E-state index in [0.29, 0.717) is 32.7 Å². The van der Waals surface area contributed by atoms with Crippen molar-refractivity contribution >= 4 is 0 Å². The Hall–Kier alpha value is -1.11. The number of hydrogen-bond acceptors (Lipinski definition) is 3. The number of ether oxygens (including phenoxy) is 1. The molecule has 2 rings (SSSR count). The van der Waals surface area contributed by atoms with E-state index in [1.807, 2.05) is 0 Å². The Bertz CT molecular complexity index is 411. The number of aliphatic hydroxyl groups is 1. The minimum absolute atomic E-state index is 0.299. The van der Waals surface area contributed by atoms with Crippen LogP contribution in [0.5, 0.6) is 0 Å². The summed E-state index contributed by atoms with van der Waals surface area (Å²) >= 11 is 0. The maximum Gasteiger partial charge on any atom is 0.416 e. The van der Waals surface area contributed by atoms with Crippen LogP contribution in [0.4, 0.5) is 13.2 Å². The molecular formula is C13H16F3NO2. The molecule has 1 atom stereocenters. The quantitative estimate of drug-likeness (QED) is 0.882. The van der Waals surface area contributed by atoms with Crippen molar-refractivity contribution in [1.29, 1.82) is 0 Å². The second-order valence-electron chi connectivity index (χ2n) is 4.83. The molecule has 0 saturated carbocycles. The van der Waals surface area contributed by atoms with Gasteiger partial charge in [0.25, 0.3) is 0 Å². The SMILES string of the molecule is OC1(CNCc2ccc(C(F)(F)F)cc2)CCOC1. The van der Waals surface area contributed by atoms with Gasteiger partial charge in [0.1, 0.15) is 5.60 Å². The Morgan fingerprint density at radius 1 is 1.26 bits per heavy atom. The van der Waals surface area contributed by atoms with E-state index in [1.165, 1.54) is 12.1 Å². The number of halogens is 3. The molecule has 3 nitrogen and oxygen atoms in total. The lowest BCUT2D eigenvalue weighted by Crippen LogP contribution is -2.40. The topological polar surface area (TPSA) is 41.5 Å². The van der Waals surface area contributed by atoms with Crippen LogP contribution in [-0.4, -0.2) is 30.5 Å². The van der Waals surface area contributed by atoms with Crippen molar-refractivity contribution in [2.75, 3.05) is 19.8 Å². The van der Waals surface area contributed by atoms with Crippen LogP contribution in [0.15, 0.2) is 24.3 Å². The maximum atomic E-state index is 12.4. The van der Waals surface area contributed by atoms with Gasteiger partial charge in [-0.05, 0) is 17.7 Å². The van der Waals surface area contributed by atoms with Crippen LogP contribution in [0, 0.1) is 0 Å². The molecule has 1 fully saturated rings. The van der Waals surface area contributed by atoms with Crippen LogP contribution >= 0.6 is 0 Å². The first kappa shape index (κ1) is 14.3. The lowest BCUT2D eigenvalue weighted by Gasteiger charge is -2.20. The third kappa shape index (κ3) is 3.92. The predicted octanol–water partition coefficient (Wildman–Crippen LogP) is 1.95. The third-order valence-electron chi connectivity index (χ3n) is 3.15. The van der Waals surface area contributed by atoms with Gasteiger partial charge in [-0.2, -0.15) is 13.2 Å². The van der Waals surface area contributed by atoms with Gasteiger partial charge in [-0.25, -0.2) is 0 Å². The van der Waals surface area contributed by atoms with Crippen molar-refractivity contribution in [1.82, 2.24) is 5.32 Å². The van der Waals surface area contributed by atoms with E-state index in [0.717, 1.165) is 17.7 Å². The molecule has 0 aliphatic carbocycles. The highest BCUT2D eigenvalue weighted by molar-refractivity contribution is 5.24. The molecule has 1 aliphatic heterocycles. The fourth-order valence-corrected chi connectivity index (χ4v) is 1.99. The second-order valence-corrected chi connectivity index (χ2v) is 4.83. The smallest absolute Gasteiger partial charge is 0.386 e. The predicted molar refractivity (Wildman–Crippen MR) is 63.5 cm³/mol. The lowest BCUT2D eigenvalue weighted by atomic mass is 10.0. The van der Waals surface area contributed by atoms with E-state index in [-0.39, 0.29) is 0 Å². The molecule has 0 spiro atoms. The van der Waals surface area contributed by atoms with E-state index < -0.39 is 17.3 Å². The van der Waals surface area contributed by atoms with Gasteiger partial charge >= 0.3 is 6.18 Å². The molecule has 1 heterocycles. The van der Waals surface area contributed by atoms with Crippen LogP contribution in [0.3, 0.4) is 0 Å². The Morgan fingerprint density at radius 2 is 1.95 bits per heavy atom. The summed E-state index contributed by atoms with van der Waals surface area (Å²) in [4.78, 5) is 0. The number of benzene rings is 1. The van der Waals surface area contributed by atoms with Gasteiger partial charge < -0.3 is 15.2 Å². The largest absolute Gasteiger partial charge is 0.416 e. The summed E-state index contributed by atoms with van der Waals surface area (Å²) in [5.74, 6) is 0. The zero-order valence-corrected chi connectivity index (χ0v) is 10.3. The molecule has 106 valence electrons. The van der Waals surface area contributed by atoms with E-state index in [4.69, 9.17) is 4.74 Å². The summed E-state index contributed by atoms with van der Waals surface area (Å²) in [6, 6.07) is 4.99. The first-order chi connectivity index (χ1) is 8.89. The number of hydrogen-bond donors (Lipinski definition) is 2. The van der Waals surface area contributed by atoms with Crippen LogP contribution in [0.2, 0.25) is 0 Å². The van der Waals surface area contributed by atoms with Crippen molar-refractivity contribution in [2.45, 2.75) is 24.7 Å². The fourth-order valence-electron chi connectivity index (χ4n) is 1.99. The van der Waals surface area contributed by atoms with Crippen molar-refractivity contribution in [3.8, 4) is 0 Å². The molecule has 6 heteroatoms. The molecule has 0 aromatic heterocycles. The van der Waals surface area contributed by atoms with Crippen LogP contribution in [-0.2, 0) is 17.5 Å². The fraction of sp³-hybridized carbons (Fsp3) is 0.538. The summed E-state index contributed by atoms with van der Waals surface area (Å²) < 4.78 is 42.2. The lowest BCUT2D eigenvalue weighted by molar-refractivity contribution is -0.137. The molecular weight excluding hydrogens is 259 g/mol. The molecule has 1 aliphatic rings.